The van der Waals surface area contributed by atoms with Crippen molar-refractivity contribution in [3.05, 3.63) is 30.3 Å². The minimum Gasteiger partial charge on any atom is -0.488 e. The lowest BCUT2D eigenvalue weighted by atomic mass is 10.3. The zero-order valence-electron chi connectivity index (χ0n) is 14.6. The largest absolute Gasteiger partial charge is 0.488 e. The second-order valence-electron chi connectivity index (χ2n) is 5.86. The summed E-state index contributed by atoms with van der Waals surface area (Å²) in [5.74, 6) is 0.844. The van der Waals surface area contributed by atoms with Crippen LogP contribution in [0.15, 0.2) is 30.3 Å². The maximum atomic E-state index is 8.90. The molecule has 0 aliphatic carbocycles. The van der Waals surface area contributed by atoms with Gasteiger partial charge in [0, 0.05) is 0 Å². The molecular weight excluding hydrogens is 296 g/mol. The third-order valence-corrected chi connectivity index (χ3v) is 3.18. The zero-order valence-corrected chi connectivity index (χ0v) is 14.6. The number of hydrogen-bond acceptors (Lipinski definition) is 5. The highest BCUT2D eigenvalue weighted by atomic mass is 16.6. The molecule has 1 aromatic carbocycles. The van der Waals surface area contributed by atoms with Crippen molar-refractivity contribution in [1.29, 1.82) is 0 Å². The third-order valence-electron chi connectivity index (χ3n) is 3.18. The van der Waals surface area contributed by atoms with Crippen LogP contribution in [0.3, 0.4) is 0 Å². The monoisotopic (exact) mass is 326 g/mol. The third kappa shape index (κ3) is 9.56. The molecule has 0 saturated heterocycles. The number of ether oxygens (including phenoxy) is 4. The van der Waals surface area contributed by atoms with Crippen molar-refractivity contribution in [1.82, 2.24) is 0 Å². The van der Waals surface area contributed by atoms with Crippen molar-refractivity contribution in [2.45, 2.75) is 52.1 Å². The van der Waals surface area contributed by atoms with Crippen molar-refractivity contribution in [2.24, 2.45) is 0 Å². The lowest BCUT2D eigenvalue weighted by Crippen LogP contribution is -2.28. The minimum absolute atomic E-state index is 0.0189. The molecule has 0 aliphatic rings. The van der Waals surface area contributed by atoms with Crippen molar-refractivity contribution in [3.63, 3.8) is 0 Å². The molecule has 1 aromatic rings. The Morgan fingerprint density at radius 1 is 0.739 bits per heavy atom. The van der Waals surface area contributed by atoms with E-state index in [-0.39, 0.29) is 31.0 Å². The Labute approximate surface area is 139 Å². The molecular formula is C18H30O5. The van der Waals surface area contributed by atoms with Gasteiger partial charge in [-0.2, -0.15) is 0 Å². The maximum absolute atomic E-state index is 8.90. The molecule has 1 N–H and O–H groups in total. The van der Waals surface area contributed by atoms with Gasteiger partial charge in [-0.05, 0) is 39.8 Å². The molecule has 4 atom stereocenters. The fourth-order valence-corrected chi connectivity index (χ4v) is 1.81. The molecule has 23 heavy (non-hydrogen) atoms. The van der Waals surface area contributed by atoms with Crippen LogP contribution < -0.4 is 4.74 Å². The number of rotatable bonds is 12. The molecule has 0 amide bonds. The Kier molecular flexibility index (Phi) is 9.87. The van der Waals surface area contributed by atoms with Gasteiger partial charge in [-0.3, -0.25) is 0 Å². The highest BCUT2D eigenvalue weighted by Gasteiger charge is 2.11. The van der Waals surface area contributed by atoms with Gasteiger partial charge in [0.25, 0.3) is 0 Å². The quantitative estimate of drug-likeness (QED) is 0.640. The molecule has 0 spiro atoms. The van der Waals surface area contributed by atoms with Crippen LogP contribution in [-0.4, -0.2) is 55.9 Å². The predicted octanol–water partition coefficient (Wildman–Crippen LogP) is 2.66. The molecule has 0 radical (unpaired) electrons. The second kappa shape index (κ2) is 11.4. The molecule has 132 valence electrons. The summed E-state index contributed by atoms with van der Waals surface area (Å²) in [6.45, 7) is 9.20. The molecule has 0 bridgehead atoms. The summed E-state index contributed by atoms with van der Waals surface area (Å²) in [4.78, 5) is 0. The van der Waals surface area contributed by atoms with Crippen molar-refractivity contribution in [2.75, 3.05) is 26.4 Å². The van der Waals surface area contributed by atoms with Crippen LogP contribution in [0.2, 0.25) is 0 Å². The normalized spacial score (nSPS) is 16.6. The fraction of sp³-hybridized carbons (Fsp3) is 0.667. The number of para-hydroxylation sites is 1. The van der Waals surface area contributed by atoms with E-state index >= 15 is 0 Å². The summed E-state index contributed by atoms with van der Waals surface area (Å²) in [7, 11) is 0. The molecule has 0 saturated carbocycles. The second-order valence-corrected chi connectivity index (χ2v) is 5.86. The van der Waals surface area contributed by atoms with E-state index < -0.39 is 0 Å². The van der Waals surface area contributed by atoms with E-state index in [1.54, 1.807) is 0 Å². The fourth-order valence-electron chi connectivity index (χ4n) is 1.81. The number of aliphatic hydroxyl groups is 1. The van der Waals surface area contributed by atoms with Gasteiger partial charge in [-0.15, -0.1) is 0 Å². The first-order chi connectivity index (χ1) is 11.0. The molecule has 0 fully saturated rings. The minimum atomic E-state index is -0.161. The highest BCUT2D eigenvalue weighted by molar-refractivity contribution is 5.21. The topological polar surface area (TPSA) is 57.2 Å². The van der Waals surface area contributed by atoms with E-state index in [0.717, 1.165) is 5.75 Å². The van der Waals surface area contributed by atoms with E-state index in [4.69, 9.17) is 24.1 Å². The molecule has 4 unspecified atom stereocenters. The summed E-state index contributed by atoms with van der Waals surface area (Å²) in [5, 5.41) is 8.90. The summed E-state index contributed by atoms with van der Waals surface area (Å²) < 4.78 is 22.6. The molecule has 0 heterocycles. The summed E-state index contributed by atoms with van der Waals surface area (Å²) >= 11 is 0. The standard InChI is InChI=1S/C18H30O5/c1-14(10-19)20-11-15(2)21-12-16(3)22-13-17(4)23-18-8-6-5-7-9-18/h5-9,14-17,19H,10-13H2,1-4H3. The van der Waals surface area contributed by atoms with E-state index in [1.807, 2.05) is 58.0 Å². The van der Waals surface area contributed by atoms with Gasteiger partial charge >= 0.3 is 0 Å². The predicted molar refractivity (Wildman–Crippen MR) is 89.9 cm³/mol. The Bertz CT molecular complexity index is 398. The number of hydrogen-bond donors (Lipinski definition) is 1. The van der Waals surface area contributed by atoms with Gasteiger partial charge in [0.1, 0.15) is 11.9 Å². The Balaban J connectivity index is 2.12. The van der Waals surface area contributed by atoms with Crippen LogP contribution in [0.1, 0.15) is 27.7 Å². The van der Waals surface area contributed by atoms with Gasteiger partial charge in [0.15, 0.2) is 0 Å². The summed E-state index contributed by atoms with van der Waals surface area (Å²) in [5.41, 5.74) is 0. The van der Waals surface area contributed by atoms with Crippen LogP contribution in [0.25, 0.3) is 0 Å². The summed E-state index contributed by atoms with van der Waals surface area (Å²) in [6, 6.07) is 9.71. The van der Waals surface area contributed by atoms with Gasteiger partial charge in [0.2, 0.25) is 0 Å². The van der Waals surface area contributed by atoms with Crippen molar-refractivity contribution >= 4 is 0 Å². The Morgan fingerprint density at radius 2 is 1.22 bits per heavy atom. The smallest absolute Gasteiger partial charge is 0.119 e. The van der Waals surface area contributed by atoms with E-state index in [1.165, 1.54) is 0 Å². The van der Waals surface area contributed by atoms with E-state index in [0.29, 0.717) is 19.8 Å². The van der Waals surface area contributed by atoms with Crippen molar-refractivity contribution in [3.8, 4) is 5.75 Å². The van der Waals surface area contributed by atoms with Gasteiger partial charge < -0.3 is 24.1 Å². The number of benzene rings is 1. The van der Waals surface area contributed by atoms with Crippen molar-refractivity contribution < 1.29 is 24.1 Å². The SMILES string of the molecule is CC(CO)OCC(C)OCC(C)OCC(C)Oc1ccccc1. The van der Waals surface area contributed by atoms with Gasteiger partial charge in [-0.25, -0.2) is 0 Å². The van der Waals surface area contributed by atoms with Gasteiger partial charge in [-0.1, -0.05) is 18.2 Å². The van der Waals surface area contributed by atoms with Crippen LogP contribution in [0, 0.1) is 0 Å². The Morgan fingerprint density at radius 3 is 1.74 bits per heavy atom. The first-order valence-electron chi connectivity index (χ1n) is 8.18. The summed E-state index contributed by atoms with van der Waals surface area (Å²) in [6.07, 6.45) is -0.237. The van der Waals surface area contributed by atoms with Crippen LogP contribution in [0.5, 0.6) is 5.75 Å². The first kappa shape index (κ1) is 19.9. The average molecular weight is 326 g/mol. The Hall–Kier alpha value is -1.14. The van der Waals surface area contributed by atoms with E-state index in [9.17, 15) is 0 Å². The molecule has 5 nitrogen and oxygen atoms in total. The molecule has 1 rings (SSSR count). The van der Waals surface area contributed by atoms with E-state index in [2.05, 4.69) is 0 Å². The zero-order chi connectivity index (χ0) is 17.1. The lowest BCUT2D eigenvalue weighted by Gasteiger charge is -2.21. The maximum Gasteiger partial charge on any atom is 0.119 e. The lowest BCUT2D eigenvalue weighted by molar-refractivity contribution is -0.0809. The molecule has 0 aromatic heterocycles. The van der Waals surface area contributed by atoms with Crippen LogP contribution >= 0.6 is 0 Å². The first-order valence-corrected chi connectivity index (χ1v) is 8.18. The number of aliphatic hydroxyl groups excluding tert-OH is 1. The highest BCUT2D eigenvalue weighted by Crippen LogP contribution is 2.11. The molecule has 5 heteroatoms. The van der Waals surface area contributed by atoms with Gasteiger partial charge in [0.05, 0.1) is 44.7 Å². The average Bonchev–Trinajstić information content (AvgIpc) is 2.56. The van der Waals surface area contributed by atoms with Crippen LogP contribution in [0.4, 0.5) is 0 Å². The molecule has 0 aliphatic heterocycles. The van der Waals surface area contributed by atoms with Crippen LogP contribution in [-0.2, 0) is 14.2 Å².